The lowest BCUT2D eigenvalue weighted by atomic mass is 10.1. The zero-order valence-corrected chi connectivity index (χ0v) is 9.19. The predicted molar refractivity (Wildman–Crippen MR) is 60.2 cm³/mol. The Hall–Kier alpha value is -1.95. The number of methoxy groups -OCH3 is 1. The minimum Gasteiger partial charge on any atom is -0.469 e. The Morgan fingerprint density at radius 3 is 2.50 bits per heavy atom. The molecule has 1 aromatic carbocycles. The van der Waals surface area contributed by atoms with E-state index in [1.54, 1.807) is 0 Å². The summed E-state index contributed by atoms with van der Waals surface area (Å²) in [5.41, 5.74) is 2.07. The fourth-order valence-corrected chi connectivity index (χ4v) is 1.33. The Kier molecular flexibility index (Phi) is 4.94. The van der Waals surface area contributed by atoms with Crippen molar-refractivity contribution in [1.29, 1.82) is 0 Å². The van der Waals surface area contributed by atoms with E-state index in [9.17, 15) is 4.79 Å². The highest BCUT2D eigenvalue weighted by Crippen LogP contribution is 2.07. The zero-order valence-electron chi connectivity index (χ0n) is 9.19. The van der Waals surface area contributed by atoms with Gasteiger partial charge in [0.25, 0.3) is 0 Å². The molecule has 0 bridgehead atoms. The van der Waals surface area contributed by atoms with Gasteiger partial charge in [-0.3, -0.25) is 4.79 Å². The van der Waals surface area contributed by atoms with Crippen molar-refractivity contribution in [2.75, 3.05) is 7.11 Å². The van der Waals surface area contributed by atoms with Crippen molar-refractivity contribution < 1.29 is 14.6 Å². The number of carbonyl (C=O) groups is 1. The average Bonchev–Trinajstić information content (AvgIpc) is 2.31. The highest BCUT2D eigenvalue weighted by molar-refractivity contribution is 5.72. The van der Waals surface area contributed by atoms with Gasteiger partial charge in [0.1, 0.15) is 6.11 Å². The molecule has 3 nitrogen and oxygen atoms in total. The molecule has 16 heavy (non-hydrogen) atoms. The highest BCUT2D eigenvalue weighted by atomic mass is 16.5. The van der Waals surface area contributed by atoms with Gasteiger partial charge in [0.15, 0.2) is 0 Å². The highest BCUT2D eigenvalue weighted by Gasteiger charge is 2.02. The molecule has 1 N–H and O–H groups in total. The van der Waals surface area contributed by atoms with Crippen LogP contribution in [0.25, 0.3) is 0 Å². The summed E-state index contributed by atoms with van der Waals surface area (Å²) < 4.78 is 4.58. The van der Waals surface area contributed by atoms with Crippen LogP contribution in [0.1, 0.15) is 17.5 Å². The molecular formula is C13H14O3. The van der Waals surface area contributed by atoms with E-state index in [0.29, 0.717) is 12.8 Å². The summed E-state index contributed by atoms with van der Waals surface area (Å²) in [6, 6.07) is 7.71. The maximum absolute atomic E-state index is 11.0. The molecule has 0 atom stereocenters. The maximum atomic E-state index is 11.0. The molecule has 0 aliphatic rings. The van der Waals surface area contributed by atoms with Crippen molar-refractivity contribution in [3.63, 3.8) is 0 Å². The van der Waals surface area contributed by atoms with Crippen molar-refractivity contribution in [3.05, 3.63) is 35.4 Å². The van der Waals surface area contributed by atoms with Crippen molar-refractivity contribution in [2.24, 2.45) is 0 Å². The molecule has 1 aromatic rings. The van der Waals surface area contributed by atoms with Crippen LogP contribution in [0.15, 0.2) is 24.3 Å². The standard InChI is InChI=1S/C13H14O3/c1-16-13(15)10-12-7-5-11(6-8-12)4-2-3-9-14/h5-8,14H,2,4,10H2,1H3. The van der Waals surface area contributed by atoms with Gasteiger partial charge >= 0.3 is 5.97 Å². The maximum Gasteiger partial charge on any atom is 0.309 e. The summed E-state index contributed by atoms with van der Waals surface area (Å²) in [6.07, 6.45) is 3.60. The number of aliphatic hydroxyl groups excluding tert-OH is 1. The first-order chi connectivity index (χ1) is 7.76. The third-order valence-corrected chi connectivity index (χ3v) is 2.22. The number of carbonyl (C=O) groups excluding carboxylic acids is 1. The lowest BCUT2D eigenvalue weighted by Gasteiger charge is -2.01. The molecule has 0 unspecified atom stereocenters. The van der Waals surface area contributed by atoms with Crippen LogP contribution in [0, 0.1) is 12.0 Å². The fourth-order valence-electron chi connectivity index (χ4n) is 1.33. The number of ether oxygens (including phenoxy) is 1. The number of rotatable bonds is 4. The van der Waals surface area contributed by atoms with Crippen LogP contribution in [-0.4, -0.2) is 18.2 Å². The molecule has 0 spiro atoms. The van der Waals surface area contributed by atoms with Gasteiger partial charge in [0.05, 0.1) is 13.5 Å². The third-order valence-electron chi connectivity index (χ3n) is 2.22. The minimum atomic E-state index is -0.237. The van der Waals surface area contributed by atoms with Gasteiger partial charge in [-0.15, -0.1) is 0 Å². The Morgan fingerprint density at radius 1 is 1.31 bits per heavy atom. The number of benzene rings is 1. The van der Waals surface area contributed by atoms with Crippen molar-refractivity contribution in [1.82, 2.24) is 0 Å². The van der Waals surface area contributed by atoms with Crippen LogP contribution in [0.3, 0.4) is 0 Å². The van der Waals surface area contributed by atoms with Crippen molar-refractivity contribution in [2.45, 2.75) is 19.3 Å². The molecule has 0 aliphatic heterocycles. The van der Waals surface area contributed by atoms with E-state index in [0.717, 1.165) is 17.5 Å². The summed E-state index contributed by atoms with van der Waals surface area (Å²) in [7, 11) is 1.38. The number of aliphatic hydroxyl groups is 1. The summed E-state index contributed by atoms with van der Waals surface area (Å²) in [5.74, 6) is 2.35. The first-order valence-corrected chi connectivity index (χ1v) is 5.03. The lowest BCUT2D eigenvalue weighted by Crippen LogP contribution is -2.04. The quantitative estimate of drug-likeness (QED) is 0.617. The predicted octanol–water partition coefficient (Wildman–Crippen LogP) is 1.67. The molecule has 0 saturated carbocycles. The number of hydrogen-bond acceptors (Lipinski definition) is 3. The smallest absolute Gasteiger partial charge is 0.309 e. The van der Waals surface area contributed by atoms with E-state index in [-0.39, 0.29) is 5.97 Å². The van der Waals surface area contributed by atoms with Crippen LogP contribution >= 0.6 is 0 Å². The SMILES string of the molecule is COC(=O)Cc1ccc(CCC#CO)cc1. The van der Waals surface area contributed by atoms with Crippen molar-refractivity contribution >= 4 is 5.97 Å². The first kappa shape index (κ1) is 12.1. The molecule has 3 heteroatoms. The van der Waals surface area contributed by atoms with E-state index in [1.807, 2.05) is 30.4 Å². The van der Waals surface area contributed by atoms with Gasteiger partial charge in [0.2, 0.25) is 0 Å². The van der Waals surface area contributed by atoms with Crippen LogP contribution in [-0.2, 0) is 22.4 Å². The fraction of sp³-hybridized carbons (Fsp3) is 0.308. The Balaban J connectivity index is 2.52. The van der Waals surface area contributed by atoms with Gasteiger partial charge in [-0.1, -0.05) is 30.2 Å². The minimum absolute atomic E-state index is 0.237. The second-order valence-electron chi connectivity index (χ2n) is 3.36. The van der Waals surface area contributed by atoms with Gasteiger partial charge in [0, 0.05) is 6.42 Å². The molecule has 0 amide bonds. The van der Waals surface area contributed by atoms with Crippen molar-refractivity contribution in [3.8, 4) is 12.0 Å². The summed E-state index contributed by atoms with van der Waals surface area (Å²) in [5, 5.41) is 8.30. The van der Waals surface area contributed by atoms with E-state index in [1.165, 1.54) is 7.11 Å². The normalized spacial score (nSPS) is 9.06. The molecule has 0 aromatic heterocycles. The van der Waals surface area contributed by atoms with Gasteiger partial charge in [-0.05, 0) is 17.5 Å². The van der Waals surface area contributed by atoms with Gasteiger partial charge in [-0.2, -0.15) is 0 Å². The van der Waals surface area contributed by atoms with Crippen LogP contribution in [0.2, 0.25) is 0 Å². The zero-order chi connectivity index (χ0) is 11.8. The average molecular weight is 218 g/mol. The molecule has 0 radical (unpaired) electrons. The van der Waals surface area contributed by atoms with E-state index < -0.39 is 0 Å². The summed E-state index contributed by atoms with van der Waals surface area (Å²) in [4.78, 5) is 11.0. The number of aryl methyl sites for hydroxylation is 1. The van der Waals surface area contributed by atoms with Crippen LogP contribution in [0.4, 0.5) is 0 Å². The molecule has 84 valence electrons. The summed E-state index contributed by atoms with van der Waals surface area (Å²) in [6.45, 7) is 0. The third kappa shape index (κ3) is 4.05. The van der Waals surface area contributed by atoms with E-state index in [2.05, 4.69) is 10.7 Å². The van der Waals surface area contributed by atoms with Crippen LogP contribution < -0.4 is 0 Å². The van der Waals surface area contributed by atoms with Crippen LogP contribution in [0.5, 0.6) is 0 Å². The number of esters is 1. The molecule has 0 fully saturated rings. The second-order valence-corrected chi connectivity index (χ2v) is 3.36. The first-order valence-electron chi connectivity index (χ1n) is 5.03. The Bertz CT molecular complexity index is 395. The summed E-state index contributed by atoms with van der Waals surface area (Å²) >= 11 is 0. The largest absolute Gasteiger partial charge is 0.469 e. The topological polar surface area (TPSA) is 46.5 Å². The van der Waals surface area contributed by atoms with Gasteiger partial charge in [-0.25, -0.2) is 0 Å². The Labute approximate surface area is 95.1 Å². The lowest BCUT2D eigenvalue weighted by molar-refractivity contribution is -0.139. The Morgan fingerprint density at radius 2 is 1.94 bits per heavy atom. The molecule has 0 aliphatic carbocycles. The molecule has 0 heterocycles. The van der Waals surface area contributed by atoms with E-state index >= 15 is 0 Å². The molecule has 0 saturated heterocycles. The molecule has 1 rings (SSSR count). The molecular weight excluding hydrogens is 204 g/mol. The van der Waals surface area contributed by atoms with E-state index in [4.69, 9.17) is 5.11 Å². The monoisotopic (exact) mass is 218 g/mol. The van der Waals surface area contributed by atoms with Gasteiger partial charge < -0.3 is 9.84 Å². The second kappa shape index (κ2) is 6.52. The number of hydrogen-bond donors (Lipinski definition) is 1.